The van der Waals surface area contributed by atoms with E-state index in [2.05, 4.69) is 23.8 Å². The molecular weight excluding hydrogens is 582 g/mol. The first kappa shape index (κ1) is 42.6. The third kappa shape index (κ3) is 11.9. The summed E-state index contributed by atoms with van der Waals surface area (Å²) in [5.74, 6) is -1.36. The van der Waals surface area contributed by atoms with Crippen LogP contribution in [-0.4, -0.2) is 53.5 Å². The summed E-state index contributed by atoms with van der Waals surface area (Å²) in [5, 5.41) is 5.53. The van der Waals surface area contributed by atoms with Crippen molar-refractivity contribution >= 4 is 17.7 Å². The molecule has 0 bridgehead atoms. The van der Waals surface area contributed by atoms with Crippen LogP contribution in [0, 0.1) is 20.3 Å². The molecule has 2 fully saturated rings. The van der Waals surface area contributed by atoms with Crippen LogP contribution in [0.15, 0.2) is 60.3 Å². The molecule has 0 aromatic carbocycles. The smallest absolute Gasteiger partial charge is 0.258 e. The predicted octanol–water partition coefficient (Wildman–Crippen LogP) is 6.24. The van der Waals surface area contributed by atoms with E-state index >= 15 is 0 Å². The molecule has 6 nitrogen and oxygen atoms in total. The fourth-order valence-electron chi connectivity index (χ4n) is 3.94. The molecule has 40 heavy (non-hydrogen) atoms. The number of rotatable bonds is 10. The van der Waals surface area contributed by atoms with Crippen LogP contribution in [-0.2, 0) is 47.1 Å². The van der Waals surface area contributed by atoms with Gasteiger partial charge in [0.1, 0.15) is 12.1 Å². The number of carbonyl (C=O) groups is 3. The maximum Gasteiger partial charge on any atom is 0.258 e. The number of hydrogen-bond donors (Lipinski definition) is 2. The van der Waals surface area contributed by atoms with Gasteiger partial charge in [0.05, 0.1) is 0 Å². The van der Waals surface area contributed by atoms with Crippen molar-refractivity contribution in [3.8, 4) is 0 Å². The molecule has 2 atom stereocenters. The molecule has 1 aliphatic heterocycles. The van der Waals surface area contributed by atoms with Crippen molar-refractivity contribution in [3.63, 3.8) is 0 Å². The van der Waals surface area contributed by atoms with Crippen LogP contribution in [0.25, 0.3) is 0 Å². The Hall–Kier alpha value is -1.86. The monoisotopic (exact) mass is 634 g/mol. The first-order chi connectivity index (χ1) is 17.4. The van der Waals surface area contributed by atoms with Crippen LogP contribution in [0.2, 0.25) is 0 Å². The Kier molecular flexibility index (Phi) is 20.6. The summed E-state index contributed by atoms with van der Waals surface area (Å²) in [6.07, 6.45) is 10.8. The number of nitrogens with one attached hydrogen (secondary N) is 2. The van der Waals surface area contributed by atoms with E-state index in [1.807, 2.05) is 66.7 Å². The number of carbonyl (C=O) groups excluding carboxylic acids is 3. The van der Waals surface area contributed by atoms with Gasteiger partial charge in [0.15, 0.2) is 5.67 Å². The van der Waals surface area contributed by atoms with E-state index in [1.54, 1.807) is 12.2 Å². The van der Waals surface area contributed by atoms with Crippen molar-refractivity contribution in [2.75, 3.05) is 13.1 Å². The Morgan fingerprint density at radius 3 is 2.12 bits per heavy atom. The summed E-state index contributed by atoms with van der Waals surface area (Å²) >= 11 is 0. The van der Waals surface area contributed by atoms with Crippen molar-refractivity contribution < 1.29 is 51.5 Å². The van der Waals surface area contributed by atoms with Crippen LogP contribution in [0.1, 0.15) is 74.1 Å². The molecule has 225 valence electrons. The largest absolute Gasteiger partial charge is 0.358 e. The molecule has 2 aliphatic rings. The molecule has 2 N–H and O–H groups in total. The van der Waals surface area contributed by atoms with E-state index in [0.29, 0.717) is 19.4 Å². The number of hydrogen-bond acceptors (Lipinski definition) is 3. The van der Waals surface area contributed by atoms with Gasteiger partial charge in [-0.05, 0) is 61.7 Å². The summed E-state index contributed by atoms with van der Waals surface area (Å²) in [6, 6.07) is -1.56. The second kappa shape index (κ2) is 19.3. The Morgan fingerprint density at radius 1 is 1.10 bits per heavy atom. The van der Waals surface area contributed by atoms with Gasteiger partial charge in [-0.2, -0.15) is 0 Å². The van der Waals surface area contributed by atoms with E-state index in [0.717, 1.165) is 16.7 Å². The third-order valence-electron chi connectivity index (χ3n) is 6.64. The molecule has 8 heteroatoms. The van der Waals surface area contributed by atoms with E-state index in [-0.39, 0.29) is 78.8 Å². The molecule has 0 aromatic heterocycles. The van der Waals surface area contributed by atoms with Crippen molar-refractivity contribution in [1.82, 2.24) is 15.5 Å². The molecule has 1 radical (unpaired) electrons. The fraction of sp³-hybridized carbons (Fsp3) is 0.531. The molecule has 1 saturated heterocycles. The summed E-state index contributed by atoms with van der Waals surface area (Å²) in [4.78, 5) is 40.4. The zero-order chi connectivity index (χ0) is 28.4. The van der Waals surface area contributed by atoms with Crippen LogP contribution < -0.4 is 10.6 Å². The van der Waals surface area contributed by atoms with E-state index in [4.69, 9.17) is 0 Å². The quantitative estimate of drug-likeness (QED) is 0.221. The molecule has 1 aliphatic carbocycles. The minimum absolute atomic E-state index is 0. The summed E-state index contributed by atoms with van der Waals surface area (Å²) in [5.41, 5.74) is 0.368. The van der Waals surface area contributed by atoms with Gasteiger partial charge in [-0.15, -0.1) is 0 Å². The number of allylic oxidation sites excluding steroid dienone is 6. The summed E-state index contributed by atoms with van der Waals surface area (Å²) in [6.45, 7) is 21.7. The molecule has 2 rings (SSSR count). The number of alkyl halides is 1. The maximum absolute atomic E-state index is 14.3. The van der Waals surface area contributed by atoms with Crippen LogP contribution in [0.4, 0.5) is 4.39 Å². The Bertz CT molecular complexity index is 959. The first-order valence-corrected chi connectivity index (χ1v) is 13.2. The van der Waals surface area contributed by atoms with Gasteiger partial charge in [-0.1, -0.05) is 78.2 Å². The predicted molar refractivity (Wildman–Crippen MR) is 162 cm³/mol. The molecular formula is C32H52FN3O3Y-2. The fourth-order valence-corrected chi connectivity index (χ4v) is 3.94. The average molecular weight is 635 g/mol. The Balaban J connectivity index is -0.00000267. The molecule has 0 spiro atoms. The molecule has 1 heterocycles. The zero-order valence-corrected chi connectivity index (χ0v) is 29.2. The van der Waals surface area contributed by atoms with Gasteiger partial charge >= 0.3 is 0 Å². The van der Waals surface area contributed by atoms with E-state index in [9.17, 15) is 18.8 Å². The number of likely N-dealkylation sites (tertiary alicyclic amines) is 1. The number of halogens is 1. The van der Waals surface area contributed by atoms with Gasteiger partial charge in [-0.3, -0.25) is 14.4 Å². The summed E-state index contributed by atoms with van der Waals surface area (Å²) in [7, 11) is 0. The minimum atomic E-state index is -1.87. The third-order valence-corrected chi connectivity index (χ3v) is 6.64. The topological polar surface area (TPSA) is 78.5 Å². The molecule has 3 amide bonds. The number of amides is 3. The van der Waals surface area contributed by atoms with E-state index in [1.165, 1.54) is 4.90 Å². The first-order valence-electron chi connectivity index (χ1n) is 13.2. The van der Waals surface area contributed by atoms with Gasteiger partial charge in [0, 0.05) is 45.8 Å². The Morgan fingerprint density at radius 2 is 1.68 bits per heavy atom. The minimum Gasteiger partial charge on any atom is -0.358 e. The van der Waals surface area contributed by atoms with Crippen molar-refractivity contribution in [3.05, 3.63) is 75.1 Å². The standard InChI is InChI=1S/C28H40FN3O3.C2H6.2CH3.Y/c1-8-19(4)21(10-3)14-13-20(9-2)18-30-24(33)22-12-11-17-32(22)25(34)23(27(5,6)7)31-26(35)28(29)15-16-28;1-2;;;/h8-10,13-14,22-23H,2-3,11-12,15-18H2,1,4-7H3,(H,30,33)(H,31,35);1-2H3;2*1H3;/q;;2*-1;/b19-8-,20-13+,21-14+;;;;. The van der Waals surface area contributed by atoms with Crippen molar-refractivity contribution in [1.29, 1.82) is 0 Å². The number of nitrogens with zero attached hydrogens (tertiary/aromatic N) is 1. The van der Waals surface area contributed by atoms with Crippen molar-refractivity contribution in [2.45, 2.75) is 91.9 Å². The van der Waals surface area contributed by atoms with Crippen LogP contribution >= 0.6 is 0 Å². The van der Waals surface area contributed by atoms with Crippen molar-refractivity contribution in [2.24, 2.45) is 5.41 Å². The van der Waals surface area contributed by atoms with Gasteiger partial charge in [-0.25, -0.2) is 4.39 Å². The second-order valence-electron chi connectivity index (χ2n) is 10.4. The van der Waals surface area contributed by atoms with Crippen LogP contribution in [0.3, 0.4) is 0 Å². The van der Waals surface area contributed by atoms with Crippen LogP contribution in [0.5, 0.6) is 0 Å². The normalized spacial score (nSPS) is 18.8. The maximum atomic E-state index is 14.3. The SMILES string of the molecule is C=C\C(=C/C=C(C=C)/C(C)=C\C)CNC(=O)C1CCCN1C(=O)C(NC(=O)C1(F)CC1)C(C)(C)C.CC.[CH3-].[CH3-].[Y]. The average Bonchev–Trinajstić information content (AvgIpc) is 3.43. The van der Waals surface area contributed by atoms with E-state index < -0.39 is 29.1 Å². The molecule has 2 unspecified atom stereocenters. The summed E-state index contributed by atoms with van der Waals surface area (Å²) < 4.78 is 14.3. The zero-order valence-electron chi connectivity index (χ0n) is 26.3. The van der Waals surface area contributed by atoms with Gasteiger partial charge in [0.2, 0.25) is 11.8 Å². The molecule has 0 aromatic rings. The Labute approximate surface area is 269 Å². The molecule has 1 saturated carbocycles. The van der Waals surface area contributed by atoms with Gasteiger partial charge in [0.25, 0.3) is 5.91 Å². The second-order valence-corrected chi connectivity index (χ2v) is 10.4. The van der Waals surface area contributed by atoms with Gasteiger partial charge < -0.3 is 30.4 Å².